The summed E-state index contributed by atoms with van der Waals surface area (Å²) >= 11 is 11.3. The Labute approximate surface area is 96.0 Å². The van der Waals surface area contributed by atoms with Crippen molar-refractivity contribution in [1.82, 2.24) is 8.66 Å². The van der Waals surface area contributed by atoms with Gasteiger partial charge in [0.2, 0.25) is 0 Å². The highest BCUT2D eigenvalue weighted by Crippen LogP contribution is 2.10. The van der Waals surface area contributed by atoms with Crippen LogP contribution in [0, 0.1) is 0 Å². The summed E-state index contributed by atoms with van der Waals surface area (Å²) in [4.78, 5) is 10.8. The summed E-state index contributed by atoms with van der Waals surface area (Å²) in [6.07, 6.45) is 0. The van der Waals surface area contributed by atoms with Crippen molar-refractivity contribution in [3.05, 3.63) is 30.3 Å². The quantitative estimate of drug-likeness (QED) is 0.642. The van der Waals surface area contributed by atoms with E-state index in [4.69, 9.17) is 23.6 Å². The molecule has 0 aromatic heterocycles. The number of rotatable bonds is 3. The second kappa shape index (κ2) is 5.85. The van der Waals surface area contributed by atoms with E-state index in [0.717, 1.165) is 17.8 Å². The molecule has 2 amide bonds. The summed E-state index contributed by atoms with van der Waals surface area (Å²) in [5, 5.41) is 0. The van der Waals surface area contributed by atoms with Gasteiger partial charge in [-0.25, -0.2) is 4.79 Å². The number of carbonyl (C=O) groups is 1. The Morgan fingerprint density at radius 2 is 1.93 bits per heavy atom. The molecule has 0 atom stereocenters. The molecule has 0 radical (unpaired) electrons. The van der Waals surface area contributed by atoms with E-state index in [-0.39, 0.29) is 0 Å². The Morgan fingerprint density at radius 3 is 2.50 bits per heavy atom. The lowest BCUT2D eigenvalue weighted by molar-refractivity contribution is 0.242. The van der Waals surface area contributed by atoms with Crippen LogP contribution in [0.3, 0.4) is 0 Å². The predicted molar refractivity (Wildman–Crippen MR) is 59.7 cm³/mol. The fourth-order valence-electron chi connectivity index (χ4n) is 0.669. The summed E-state index contributed by atoms with van der Waals surface area (Å²) < 4.78 is 5.65. The molecule has 0 saturated carbocycles. The van der Waals surface area contributed by atoms with Gasteiger partial charge in [-0.15, -0.1) is 3.94 Å². The zero-order valence-electron chi connectivity index (χ0n) is 6.91. The Balaban J connectivity index is 2.26. The number of anilines is 1. The first kappa shape index (κ1) is 11.3. The molecule has 0 fully saturated rings. The first-order valence-corrected chi connectivity index (χ1v) is 5.08. The Morgan fingerprint density at radius 1 is 1.29 bits per heavy atom. The van der Waals surface area contributed by atoms with E-state index >= 15 is 0 Å². The van der Waals surface area contributed by atoms with Gasteiger partial charge in [-0.05, 0) is 12.1 Å². The molecule has 0 saturated heterocycles. The smallest absolute Gasteiger partial charge is 0.312 e. The SMILES string of the molecule is O=C(NSNc1ccccc1)N(Cl)Cl. The van der Waals surface area contributed by atoms with Crippen LogP contribution in [-0.2, 0) is 0 Å². The zero-order chi connectivity index (χ0) is 10.4. The highest BCUT2D eigenvalue weighted by atomic mass is 35.5. The molecule has 2 N–H and O–H groups in total. The number of para-hydroxylation sites is 1. The average molecular weight is 252 g/mol. The third-order valence-corrected chi connectivity index (χ3v) is 2.16. The van der Waals surface area contributed by atoms with Gasteiger partial charge in [-0.1, -0.05) is 18.2 Å². The van der Waals surface area contributed by atoms with E-state index in [1.807, 2.05) is 30.3 Å². The van der Waals surface area contributed by atoms with E-state index in [2.05, 4.69) is 9.44 Å². The van der Waals surface area contributed by atoms with Crippen molar-refractivity contribution in [3.63, 3.8) is 0 Å². The number of hydrogen-bond acceptors (Lipinski definition) is 3. The Bertz CT molecular complexity index is 296. The van der Waals surface area contributed by atoms with Gasteiger partial charge in [-0.3, -0.25) is 4.72 Å². The molecule has 0 aliphatic carbocycles. The van der Waals surface area contributed by atoms with Crippen LogP contribution in [0.25, 0.3) is 0 Å². The second-order valence-electron chi connectivity index (χ2n) is 2.21. The number of halogens is 2. The number of benzene rings is 1. The van der Waals surface area contributed by atoms with Gasteiger partial charge in [0.15, 0.2) is 0 Å². The van der Waals surface area contributed by atoms with E-state index < -0.39 is 6.03 Å². The normalized spacial score (nSPS) is 9.29. The van der Waals surface area contributed by atoms with E-state index in [0.29, 0.717) is 3.94 Å². The summed E-state index contributed by atoms with van der Waals surface area (Å²) in [7, 11) is 0. The lowest BCUT2D eigenvalue weighted by Crippen LogP contribution is -2.23. The average Bonchev–Trinajstić information content (AvgIpc) is 2.19. The number of nitrogens with zero attached hydrogens (tertiary/aromatic N) is 1. The summed E-state index contributed by atoms with van der Waals surface area (Å²) in [5.41, 5.74) is 0.869. The third-order valence-electron chi connectivity index (χ3n) is 1.23. The molecule has 76 valence electrons. The summed E-state index contributed by atoms with van der Waals surface area (Å²) in [6.45, 7) is 0. The van der Waals surface area contributed by atoms with Gasteiger partial charge in [0.1, 0.15) is 0 Å². The molecular formula is C7H7Cl2N3OS. The molecule has 1 aromatic carbocycles. The molecule has 0 aliphatic rings. The third kappa shape index (κ3) is 3.95. The van der Waals surface area contributed by atoms with Crippen molar-refractivity contribution in [1.29, 1.82) is 0 Å². The van der Waals surface area contributed by atoms with Crippen molar-refractivity contribution >= 4 is 47.4 Å². The van der Waals surface area contributed by atoms with Crippen LogP contribution < -0.4 is 9.44 Å². The number of nitrogens with one attached hydrogen (secondary N) is 2. The van der Waals surface area contributed by atoms with Gasteiger partial charge >= 0.3 is 6.03 Å². The molecule has 0 spiro atoms. The van der Waals surface area contributed by atoms with Crippen LogP contribution in [0.5, 0.6) is 0 Å². The van der Waals surface area contributed by atoms with Crippen LogP contribution in [0.1, 0.15) is 0 Å². The highest BCUT2D eigenvalue weighted by molar-refractivity contribution is 7.99. The standard InChI is InChI=1S/C7H7Cl2N3OS/c8-12(9)7(13)11-14-10-6-4-2-1-3-5-6/h1-5,10H,(H,11,13). The largest absolute Gasteiger partial charge is 0.358 e. The first-order chi connectivity index (χ1) is 6.70. The van der Waals surface area contributed by atoms with Crippen molar-refractivity contribution in [3.8, 4) is 0 Å². The van der Waals surface area contributed by atoms with Crippen molar-refractivity contribution in [2.75, 3.05) is 4.72 Å². The molecule has 0 bridgehead atoms. The van der Waals surface area contributed by atoms with Gasteiger partial charge in [0.05, 0.1) is 12.1 Å². The lowest BCUT2D eigenvalue weighted by Gasteiger charge is -2.07. The Kier molecular flexibility index (Phi) is 4.72. The first-order valence-electron chi connectivity index (χ1n) is 3.58. The van der Waals surface area contributed by atoms with Crippen LogP contribution in [-0.4, -0.2) is 9.97 Å². The van der Waals surface area contributed by atoms with Crippen LogP contribution in [0.2, 0.25) is 0 Å². The van der Waals surface area contributed by atoms with Gasteiger partial charge in [0.25, 0.3) is 0 Å². The highest BCUT2D eigenvalue weighted by Gasteiger charge is 2.06. The van der Waals surface area contributed by atoms with E-state index in [1.165, 1.54) is 0 Å². The van der Waals surface area contributed by atoms with Crippen molar-refractivity contribution < 1.29 is 4.79 Å². The molecule has 7 heteroatoms. The minimum atomic E-state index is -0.609. The number of urea groups is 1. The van der Waals surface area contributed by atoms with Crippen molar-refractivity contribution in [2.24, 2.45) is 0 Å². The summed E-state index contributed by atoms with van der Waals surface area (Å²) in [5.74, 6) is 0. The van der Waals surface area contributed by atoms with Crippen LogP contribution >= 0.6 is 35.7 Å². The summed E-state index contributed by atoms with van der Waals surface area (Å²) in [6, 6.07) is 8.76. The monoisotopic (exact) mass is 251 g/mol. The van der Waals surface area contributed by atoms with E-state index in [1.54, 1.807) is 0 Å². The lowest BCUT2D eigenvalue weighted by atomic mass is 10.3. The molecule has 14 heavy (non-hydrogen) atoms. The van der Waals surface area contributed by atoms with Crippen LogP contribution in [0.15, 0.2) is 30.3 Å². The maximum Gasteiger partial charge on any atom is 0.358 e. The second-order valence-corrected chi connectivity index (χ2v) is 3.67. The molecule has 1 aromatic rings. The van der Waals surface area contributed by atoms with Crippen LogP contribution in [0.4, 0.5) is 10.5 Å². The fourth-order valence-corrected chi connectivity index (χ4v) is 1.34. The van der Waals surface area contributed by atoms with Crippen molar-refractivity contribution in [2.45, 2.75) is 0 Å². The van der Waals surface area contributed by atoms with Gasteiger partial charge in [-0.2, -0.15) is 0 Å². The molecular weight excluding hydrogens is 245 g/mol. The van der Waals surface area contributed by atoms with E-state index in [9.17, 15) is 4.79 Å². The zero-order valence-corrected chi connectivity index (χ0v) is 9.23. The molecule has 4 nitrogen and oxygen atoms in total. The predicted octanol–water partition coefficient (Wildman–Crippen LogP) is 2.98. The minimum absolute atomic E-state index is 0.416. The number of carbonyl (C=O) groups excluding carboxylic acids is 1. The minimum Gasteiger partial charge on any atom is -0.312 e. The Hall–Kier alpha value is -0.780. The molecule has 0 unspecified atom stereocenters. The number of hydrogen-bond donors (Lipinski definition) is 2. The van der Waals surface area contributed by atoms with Gasteiger partial charge < -0.3 is 4.72 Å². The molecule has 1 rings (SSSR count). The van der Waals surface area contributed by atoms with Gasteiger partial charge in [0, 0.05) is 29.2 Å². The maximum atomic E-state index is 10.8. The molecule has 0 aliphatic heterocycles. The number of amides is 2. The maximum absolute atomic E-state index is 10.8. The molecule has 0 heterocycles. The fraction of sp³-hybridized carbons (Fsp3) is 0. The topological polar surface area (TPSA) is 44.4 Å².